The maximum Gasteiger partial charge on any atom is 0.317 e. The Bertz CT molecular complexity index is 1270. The maximum absolute atomic E-state index is 13.7. The Hall–Kier alpha value is -2.68. The number of hydrogen-bond donors (Lipinski definition) is 1. The van der Waals surface area contributed by atoms with Crippen LogP contribution in [0.25, 0.3) is 0 Å². The fourth-order valence-corrected chi connectivity index (χ4v) is 8.89. The third-order valence-corrected chi connectivity index (χ3v) is 10.5. The van der Waals surface area contributed by atoms with Gasteiger partial charge in [0.05, 0.1) is 6.33 Å². The molecule has 36 heavy (non-hydrogen) atoms. The van der Waals surface area contributed by atoms with Crippen molar-refractivity contribution in [3.05, 3.63) is 42.4 Å². The summed E-state index contributed by atoms with van der Waals surface area (Å²) in [6.07, 6.45) is 9.34. The summed E-state index contributed by atoms with van der Waals surface area (Å²) in [5.74, 6) is 0.421. The number of hydrogen-bond acceptors (Lipinski definition) is 6. The smallest absolute Gasteiger partial charge is 0.317 e. The van der Waals surface area contributed by atoms with Gasteiger partial charge in [0.15, 0.2) is 10.8 Å². The molecule has 4 bridgehead atoms. The van der Waals surface area contributed by atoms with Crippen LogP contribution < -0.4 is 4.72 Å². The second kappa shape index (κ2) is 8.43. The maximum atomic E-state index is 13.7. The first kappa shape index (κ1) is 23.7. The van der Waals surface area contributed by atoms with Crippen LogP contribution in [0.1, 0.15) is 63.4 Å². The van der Waals surface area contributed by atoms with Crippen LogP contribution in [0.4, 0.5) is 5.69 Å². The van der Waals surface area contributed by atoms with E-state index in [1.54, 1.807) is 29.8 Å². The van der Waals surface area contributed by atoms with Gasteiger partial charge in [0.1, 0.15) is 11.5 Å². The molecule has 5 aliphatic rings. The number of nitrogens with zero attached hydrogens (tertiary/aromatic N) is 2. The van der Waals surface area contributed by atoms with Crippen LogP contribution in [0.2, 0.25) is 0 Å². The molecular formula is C27H33N3O5S. The Balaban J connectivity index is 1.24. The highest BCUT2D eigenvalue weighted by Gasteiger charge is 2.63. The molecule has 9 heteroatoms. The molecular weight excluding hydrogens is 478 g/mol. The van der Waals surface area contributed by atoms with E-state index in [9.17, 15) is 18.0 Å². The number of aryl methyl sites for hydroxylation is 1. The summed E-state index contributed by atoms with van der Waals surface area (Å²) >= 11 is 0. The minimum absolute atomic E-state index is 0.0231. The molecule has 1 aromatic carbocycles. The number of benzene rings is 1. The highest BCUT2D eigenvalue weighted by Crippen LogP contribution is 2.62. The second-order valence-electron chi connectivity index (χ2n) is 11.4. The van der Waals surface area contributed by atoms with Crippen molar-refractivity contribution in [3.8, 4) is 0 Å². The third-order valence-electron chi connectivity index (χ3n) is 9.23. The molecule has 0 amide bonds. The highest BCUT2D eigenvalue weighted by molar-refractivity contribution is 7.92. The second-order valence-corrected chi connectivity index (χ2v) is 13.1. The van der Waals surface area contributed by atoms with Crippen molar-refractivity contribution in [3.63, 3.8) is 0 Å². The Morgan fingerprint density at radius 1 is 1.14 bits per heavy atom. The number of ether oxygens (including phenoxy) is 1. The summed E-state index contributed by atoms with van der Waals surface area (Å²) in [4.78, 5) is 31.1. The zero-order chi connectivity index (χ0) is 25.2. The molecule has 5 fully saturated rings. The van der Waals surface area contributed by atoms with E-state index in [4.69, 9.17) is 4.74 Å². The van der Waals surface area contributed by atoms with Gasteiger partial charge in [-0.3, -0.25) is 14.3 Å². The van der Waals surface area contributed by atoms with Gasteiger partial charge in [0.25, 0.3) is 10.0 Å². The molecule has 0 radical (unpaired) electrons. The van der Waals surface area contributed by atoms with E-state index >= 15 is 0 Å². The first-order chi connectivity index (χ1) is 17.2. The number of ketones is 1. The predicted molar refractivity (Wildman–Crippen MR) is 132 cm³/mol. The fraction of sp³-hybridized carbons (Fsp3) is 0.593. The average Bonchev–Trinajstić information content (AvgIpc) is 3.27. The van der Waals surface area contributed by atoms with Crippen molar-refractivity contribution >= 4 is 27.5 Å². The van der Waals surface area contributed by atoms with Crippen LogP contribution in [-0.4, -0.2) is 35.3 Å². The molecule has 1 spiro atoms. The Morgan fingerprint density at radius 3 is 2.42 bits per heavy atom. The molecule has 1 saturated heterocycles. The molecule has 1 aromatic heterocycles. The summed E-state index contributed by atoms with van der Waals surface area (Å²) in [6.45, 7) is 1.95. The quantitative estimate of drug-likeness (QED) is 0.463. The number of aromatic nitrogens is 2. The summed E-state index contributed by atoms with van der Waals surface area (Å²) in [7, 11) is -2.16. The van der Waals surface area contributed by atoms with Crippen LogP contribution in [0.5, 0.6) is 0 Å². The van der Waals surface area contributed by atoms with E-state index in [1.807, 2.05) is 13.0 Å². The molecule has 1 aliphatic heterocycles. The van der Waals surface area contributed by atoms with E-state index in [1.165, 1.54) is 18.9 Å². The zero-order valence-electron chi connectivity index (χ0n) is 20.7. The average molecular weight is 512 g/mol. The van der Waals surface area contributed by atoms with Gasteiger partial charge < -0.3 is 9.30 Å². The Labute approximate surface area is 211 Å². The van der Waals surface area contributed by atoms with Gasteiger partial charge in [-0.25, -0.2) is 4.98 Å². The van der Waals surface area contributed by atoms with E-state index in [0.717, 1.165) is 43.1 Å². The largest absolute Gasteiger partial charge is 0.457 e. The van der Waals surface area contributed by atoms with Crippen molar-refractivity contribution in [2.24, 2.45) is 36.6 Å². The molecule has 2 unspecified atom stereocenters. The van der Waals surface area contributed by atoms with E-state index in [0.29, 0.717) is 30.4 Å². The lowest BCUT2D eigenvalue weighted by Gasteiger charge is -2.61. The van der Waals surface area contributed by atoms with Gasteiger partial charge in [-0.2, -0.15) is 8.42 Å². The first-order valence-electron chi connectivity index (χ1n) is 13.0. The van der Waals surface area contributed by atoms with Gasteiger partial charge in [-0.1, -0.05) is 19.1 Å². The van der Waals surface area contributed by atoms with Crippen molar-refractivity contribution in [2.45, 2.75) is 68.4 Å². The fourth-order valence-electron chi connectivity index (χ4n) is 7.86. The number of carbonyl (C=O) groups is 2. The monoisotopic (exact) mass is 511 g/mol. The number of carbonyl (C=O) groups excluding carboxylic acids is 2. The van der Waals surface area contributed by atoms with Crippen molar-refractivity contribution in [1.82, 2.24) is 9.55 Å². The standard InChI is InChI=1S/C27H33N3O5S/c1-3-22(18-5-4-6-21(12-18)29-36(33,34)24-14-30(2)15-28-24)25-23(31)13-27(35-26(25)32)19-8-16-7-17(10-19)11-20(27)9-16/h4-6,12,14-17,19-20,22,25,29H,3,7-11,13H2,1-2H3. The van der Waals surface area contributed by atoms with Crippen molar-refractivity contribution < 1.29 is 22.7 Å². The summed E-state index contributed by atoms with van der Waals surface area (Å²) in [6, 6.07) is 6.95. The molecule has 2 aromatic rings. The number of nitrogens with one attached hydrogen (secondary N) is 1. The van der Waals surface area contributed by atoms with Crippen molar-refractivity contribution in [2.75, 3.05) is 4.72 Å². The molecule has 4 saturated carbocycles. The van der Waals surface area contributed by atoms with E-state index < -0.39 is 27.5 Å². The molecule has 2 heterocycles. The third kappa shape index (κ3) is 3.78. The summed E-state index contributed by atoms with van der Waals surface area (Å²) in [5.41, 5.74) is 0.511. The van der Waals surface area contributed by atoms with Gasteiger partial charge in [-0.15, -0.1) is 0 Å². The Kier molecular flexibility index (Phi) is 5.55. The van der Waals surface area contributed by atoms with Gasteiger partial charge >= 0.3 is 5.97 Å². The predicted octanol–water partition coefficient (Wildman–Crippen LogP) is 4.04. The number of rotatable bonds is 6. The lowest BCUT2D eigenvalue weighted by molar-refractivity contribution is -0.225. The zero-order valence-corrected chi connectivity index (χ0v) is 21.5. The molecule has 8 nitrogen and oxygen atoms in total. The first-order valence-corrected chi connectivity index (χ1v) is 14.5. The van der Waals surface area contributed by atoms with Crippen LogP contribution in [-0.2, 0) is 31.4 Å². The number of imidazole rings is 1. The van der Waals surface area contributed by atoms with Crippen LogP contribution in [0.15, 0.2) is 41.8 Å². The minimum atomic E-state index is -3.86. The SMILES string of the molecule is CCC(c1cccc(NS(=O)(=O)c2cn(C)cn2)c1)C1C(=O)CC2(OC1=O)C1CC3CC(C1)CC2C3. The van der Waals surface area contributed by atoms with Crippen LogP contribution in [0.3, 0.4) is 0 Å². The van der Waals surface area contributed by atoms with Crippen LogP contribution >= 0.6 is 0 Å². The lowest BCUT2D eigenvalue weighted by atomic mass is 9.48. The lowest BCUT2D eigenvalue weighted by Crippen LogP contribution is -2.64. The normalized spacial score (nSPS) is 34.1. The highest BCUT2D eigenvalue weighted by atomic mass is 32.2. The van der Waals surface area contributed by atoms with Gasteiger partial charge in [0, 0.05) is 43.1 Å². The number of sulfonamides is 1. The van der Waals surface area contributed by atoms with Crippen molar-refractivity contribution in [1.29, 1.82) is 0 Å². The van der Waals surface area contributed by atoms with Gasteiger partial charge in [-0.05, 0) is 68.1 Å². The topological polar surface area (TPSA) is 107 Å². The number of esters is 1. The summed E-state index contributed by atoms with van der Waals surface area (Å²) < 4.78 is 36.0. The minimum Gasteiger partial charge on any atom is -0.457 e. The Morgan fingerprint density at radius 2 is 1.83 bits per heavy atom. The number of anilines is 1. The van der Waals surface area contributed by atoms with Crippen LogP contribution in [0, 0.1) is 29.6 Å². The van der Waals surface area contributed by atoms with Gasteiger partial charge in [0.2, 0.25) is 0 Å². The molecule has 7 rings (SSSR count). The molecule has 4 aliphatic carbocycles. The van der Waals surface area contributed by atoms with E-state index in [-0.39, 0.29) is 16.7 Å². The summed E-state index contributed by atoms with van der Waals surface area (Å²) in [5, 5.41) is -0.0746. The van der Waals surface area contributed by atoms with E-state index in [2.05, 4.69) is 9.71 Å². The molecule has 2 atom stereocenters. The molecule has 192 valence electrons. The number of Topliss-reactive ketones (excluding diaryl/α,β-unsaturated/α-hetero) is 1. The molecule has 1 N–H and O–H groups in total.